The molecule has 2 atom stereocenters. The zero-order valence-corrected chi connectivity index (χ0v) is 14.6. The first-order valence-corrected chi connectivity index (χ1v) is 8.27. The number of rotatable bonds is 4. The lowest BCUT2D eigenvalue weighted by Crippen LogP contribution is -2.41. The Balaban J connectivity index is 1.90. The molecule has 132 valence electrons. The van der Waals surface area contributed by atoms with E-state index in [1.807, 2.05) is 26.0 Å². The van der Waals surface area contributed by atoms with Crippen LogP contribution in [0.4, 0.5) is 20.2 Å². The Hall–Kier alpha value is -3.13. The highest BCUT2D eigenvalue weighted by Crippen LogP contribution is 2.38. The summed E-state index contributed by atoms with van der Waals surface area (Å²) in [5.74, 6) is -0.629. The molecule has 1 aliphatic carbocycles. The average Bonchev–Trinajstić information content (AvgIpc) is 2.62. The van der Waals surface area contributed by atoms with Gasteiger partial charge in [-0.15, -0.1) is 0 Å². The Bertz CT molecular complexity index is 892. The van der Waals surface area contributed by atoms with Crippen molar-refractivity contribution >= 4 is 11.4 Å². The second-order valence-corrected chi connectivity index (χ2v) is 6.54. The van der Waals surface area contributed by atoms with Crippen molar-refractivity contribution in [3.63, 3.8) is 0 Å². The molecule has 0 heterocycles. The summed E-state index contributed by atoms with van der Waals surface area (Å²) in [6.07, 6.45) is 3.89. The Morgan fingerprint density at radius 2 is 1.50 bits per heavy atom. The smallest absolute Gasteiger partial charge is 0.123 e. The number of halogens is 2. The minimum absolute atomic E-state index is 0.312. The number of hydrogen-bond acceptors (Lipinski definition) is 3. The molecule has 0 fully saturated rings. The van der Waals surface area contributed by atoms with Crippen molar-refractivity contribution in [3.8, 4) is 6.07 Å². The lowest BCUT2D eigenvalue weighted by Gasteiger charge is -2.37. The van der Waals surface area contributed by atoms with Crippen LogP contribution < -0.4 is 10.6 Å². The molecule has 0 spiro atoms. The van der Waals surface area contributed by atoms with E-state index in [1.54, 1.807) is 24.3 Å². The zero-order chi connectivity index (χ0) is 18.7. The Kier molecular flexibility index (Phi) is 4.77. The van der Waals surface area contributed by atoms with E-state index in [2.05, 4.69) is 16.7 Å². The number of nitrogens with one attached hydrogen (secondary N) is 2. The van der Waals surface area contributed by atoms with E-state index in [0.29, 0.717) is 11.4 Å². The summed E-state index contributed by atoms with van der Waals surface area (Å²) in [6, 6.07) is 14.1. The van der Waals surface area contributed by atoms with Gasteiger partial charge in [0.15, 0.2) is 0 Å². The fourth-order valence-corrected chi connectivity index (χ4v) is 2.92. The van der Waals surface area contributed by atoms with Gasteiger partial charge in [0.25, 0.3) is 0 Å². The maximum Gasteiger partial charge on any atom is 0.123 e. The topological polar surface area (TPSA) is 47.9 Å². The molecule has 0 saturated heterocycles. The van der Waals surface area contributed by atoms with Gasteiger partial charge in [-0.3, -0.25) is 0 Å². The molecule has 2 aromatic rings. The highest BCUT2D eigenvalue weighted by atomic mass is 19.1. The van der Waals surface area contributed by atoms with Gasteiger partial charge in [-0.2, -0.15) is 5.26 Å². The fraction of sp³-hybridized carbons (Fsp3) is 0.190. The molecule has 0 bridgehead atoms. The van der Waals surface area contributed by atoms with Gasteiger partial charge in [0.2, 0.25) is 0 Å². The van der Waals surface area contributed by atoms with Gasteiger partial charge in [-0.25, -0.2) is 8.78 Å². The first kappa shape index (κ1) is 17.7. The molecule has 2 aromatic carbocycles. The van der Waals surface area contributed by atoms with Crippen molar-refractivity contribution in [2.45, 2.75) is 19.9 Å². The molecular weight excluding hydrogens is 332 g/mol. The largest absolute Gasteiger partial charge is 0.377 e. The first-order valence-electron chi connectivity index (χ1n) is 8.27. The molecule has 3 nitrogen and oxygen atoms in total. The van der Waals surface area contributed by atoms with Crippen LogP contribution in [0.5, 0.6) is 0 Å². The predicted molar refractivity (Wildman–Crippen MR) is 99.4 cm³/mol. The summed E-state index contributed by atoms with van der Waals surface area (Å²) in [5, 5.41) is 16.4. The molecule has 0 saturated carbocycles. The summed E-state index contributed by atoms with van der Waals surface area (Å²) in [6.45, 7) is 3.78. The van der Waals surface area contributed by atoms with E-state index in [1.165, 1.54) is 24.3 Å². The summed E-state index contributed by atoms with van der Waals surface area (Å²) < 4.78 is 26.3. The third-order valence-corrected chi connectivity index (χ3v) is 4.50. The maximum absolute atomic E-state index is 13.1. The van der Waals surface area contributed by atoms with Crippen LogP contribution in [0.25, 0.3) is 0 Å². The number of hydrogen-bond donors (Lipinski definition) is 2. The lowest BCUT2D eigenvalue weighted by atomic mass is 9.75. The number of nitrogens with zero attached hydrogens (tertiary/aromatic N) is 1. The molecule has 3 rings (SSSR count). The molecule has 1 aliphatic rings. The van der Waals surface area contributed by atoms with Crippen LogP contribution in [0, 0.1) is 28.4 Å². The van der Waals surface area contributed by atoms with Gasteiger partial charge in [0.05, 0.1) is 12.1 Å². The van der Waals surface area contributed by atoms with E-state index in [4.69, 9.17) is 0 Å². The van der Waals surface area contributed by atoms with Crippen molar-refractivity contribution in [1.82, 2.24) is 0 Å². The van der Waals surface area contributed by atoms with Crippen molar-refractivity contribution < 1.29 is 8.78 Å². The zero-order valence-electron chi connectivity index (χ0n) is 14.6. The van der Waals surface area contributed by atoms with Crippen LogP contribution in [-0.2, 0) is 0 Å². The van der Waals surface area contributed by atoms with Crippen LogP contribution in [0.1, 0.15) is 13.8 Å². The van der Waals surface area contributed by atoms with Gasteiger partial charge in [0, 0.05) is 17.1 Å². The standard InChI is InChI=1S/C21H19F2N3/c1-14-11-19(25-17-7-3-15(22)4-8-17)21(2,13-24)20(12-14)26-18-9-5-16(23)6-10-18/h3-12,19,25-26H,1-2H3. The highest BCUT2D eigenvalue weighted by molar-refractivity contribution is 5.57. The molecule has 0 amide bonds. The predicted octanol–water partition coefficient (Wildman–Crippen LogP) is 5.23. The number of benzene rings is 2. The summed E-state index contributed by atoms with van der Waals surface area (Å²) in [7, 11) is 0. The van der Waals surface area contributed by atoms with Crippen LogP contribution in [0.2, 0.25) is 0 Å². The van der Waals surface area contributed by atoms with Crippen molar-refractivity contribution in [1.29, 1.82) is 5.26 Å². The third kappa shape index (κ3) is 3.60. The van der Waals surface area contributed by atoms with E-state index in [0.717, 1.165) is 11.3 Å². The van der Waals surface area contributed by atoms with E-state index < -0.39 is 5.41 Å². The first-order chi connectivity index (χ1) is 12.4. The van der Waals surface area contributed by atoms with Crippen LogP contribution in [0.3, 0.4) is 0 Å². The normalized spacial score (nSPS) is 22.0. The minimum atomic E-state index is -0.887. The minimum Gasteiger partial charge on any atom is -0.377 e. The summed E-state index contributed by atoms with van der Waals surface area (Å²) in [5.41, 5.74) is 2.25. The van der Waals surface area contributed by atoms with Gasteiger partial charge in [-0.1, -0.05) is 11.6 Å². The van der Waals surface area contributed by atoms with E-state index in [-0.39, 0.29) is 17.7 Å². The van der Waals surface area contributed by atoms with E-state index >= 15 is 0 Å². The van der Waals surface area contributed by atoms with Gasteiger partial charge < -0.3 is 10.6 Å². The summed E-state index contributed by atoms with van der Waals surface area (Å²) >= 11 is 0. The molecular formula is C21H19F2N3. The third-order valence-electron chi connectivity index (χ3n) is 4.50. The number of allylic oxidation sites excluding steroid dienone is 2. The quantitative estimate of drug-likeness (QED) is 0.793. The second-order valence-electron chi connectivity index (χ2n) is 6.54. The summed E-state index contributed by atoms with van der Waals surface area (Å²) in [4.78, 5) is 0. The molecule has 2 unspecified atom stereocenters. The number of nitriles is 1. The highest BCUT2D eigenvalue weighted by Gasteiger charge is 2.39. The Morgan fingerprint density at radius 1 is 0.962 bits per heavy atom. The molecule has 26 heavy (non-hydrogen) atoms. The van der Waals surface area contributed by atoms with Crippen molar-refractivity contribution in [2.24, 2.45) is 5.41 Å². The lowest BCUT2D eigenvalue weighted by molar-refractivity contribution is 0.486. The van der Waals surface area contributed by atoms with Crippen molar-refractivity contribution in [2.75, 3.05) is 10.6 Å². The average molecular weight is 351 g/mol. The van der Waals surface area contributed by atoms with Crippen LogP contribution >= 0.6 is 0 Å². The monoisotopic (exact) mass is 351 g/mol. The molecule has 2 N–H and O–H groups in total. The van der Waals surface area contributed by atoms with Crippen LogP contribution in [0.15, 0.2) is 72.0 Å². The van der Waals surface area contributed by atoms with E-state index in [9.17, 15) is 14.0 Å². The van der Waals surface area contributed by atoms with Gasteiger partial charge >= 0.3 is 0 Å². The van der Waals surface area contributed by atoms with Crippen molar-refractivity contribution in [3.05, 3.63) is 83.6 Å². The fourth-order valence-electron chi connectivity index (χ4n) is 2.92. The van der Waals surface area contributed by atoms with Crippen LogP contribution in [-0.4, -0.2) is 6.04 Å². The molecule has 5 heteroatoms. The Morgan fingerprint density at radius 3 is 2.04 bits per heavy atom. The SMILES string of the molecule is CC1=CC(Nc2ccc(F)cc2)C(C)(C#N)C(Nc2ccc(F)cc2)=C1. The van der Waals surface area contributed by atoms with Gasteiger partial charge in [0.1, 0.15) is 17.0 Å². The van der Waals surface area contributed by atoms with Gasteiger partial charge in [-0.05, 0) is 68.5 Å². The second kappa shape index (κ2) is 7.01. The molecule has 0 radical (unpaired) electrons. The molecule has 0 aromatic heterocycles. The number of anilines is 2. The Labute approximate surface area is 151 Å². The molecule has 0 aliphatic heterocycles. The maximum atomic E-state index is 13.1.